The molecule has 0 aliphatic rings. The fraction of sp³-hybridized carbons (Fsp3) is 0.278. The summed E-state index contributed by atoms with van der Waals surface area (Å²) in [4.78, 5) is 24.5. The predicted octanol–water partition coefficient (Wildman–Crippen LogP) is 4.41. The molecule has 0 aliphatic heterocycles. The number of carbonyl (C=O) groups excluding carboxylic acids is 1. The summed E-state index contributed by atoms with van der Waals surface area (Å²) in [6.45, 7) is 5.19. The van der Waals surface area contributed by atoms with E-state index >= 15 is 0 Å². The predicted molar refractivity (Wildman–Crippen MR) is 94.5 cm³/mol. The lowest BCUT2D eigenvalue weighted by Gasteiger charge is -2.19. The van der Waals surface area contributed by atoms with Gasteiger partial charge >= 0.3 is 0 Å². The minimum atomic E-state index is -0.512. The van der Waals surface area contributed by atoms with Gasteiger partial charge < -0.3 is 4.90 Å². The zero-order valence-electron chi connectivity index (χ0n) is 13.6. The molecule has 126 valence electrons. The van der Waals surface area contributed by atoms with Crippen LogP contribution in [-0.4, -0.2) is 28.8 Å². The molecule has 1 amide bonds. The van der Waals surface area contributed by atoms with E-state index in [4.69, 9.17) is 11.6 Å². The number of nitro groups is 1. The number of halogens is 1. The van der Waals surface area contributed by atoms with Gasteiger partial charge in [-0.1, -0.05) is 24.3 Å². The summed E-state index contributed by atoms with van der Waals surface area (Å²) in [6, 6.07) is 13.3. The number of alkyl halides is 1. The fourth-order valence-electron chi connectivity index (χ4n) is 2.48. The van der Waals surface area contributed by atoms with Gasteiger partial charge in [-0.3, -0.25) is 14.9 Å². The average Bonchev–Trinajstić information content (AvgIpc) is 2.62. The van der Waals surface area contributed by atoms with Gasteiger partial charge in [0.1, 0.15) is 0 Å². The van der Waals surface area contributed by atoms with E-state index in [1.165, 1.54) is 12.1 Å². The molecule has 24 heavy (non-hydrogen) atoms. The maximum atomic E-state index is 12.3. The molecule has 0 radical (unpaired) electrons. The second kappa shape index (κ2) is 7.93. The minimum Gasteiger partial charge on any atom is -0.339 e. The highest BCUT2D eigenvalue weighted by Crippen LogP contribution is 2.30. The average molecular weight is 347 g/mol. The molecule has 0 saturated carbocycles. The monoisotopic (exact) mass is 346 g/mol. The van der Waals surface area contributed by atoms with Crippen molar-refractivity contribution in [1.82, 2.24) is 4.90 Å². The number of hydrogen-bond donors (Lipinski definition) is 0. The Morgan fingerprint density at radius 3 is 2.29 bits per heavy atom. The molecule has 0 saturated heterocycles. The molecule has 0 bridgehead atoms. The van der Waals surface area contributed by atoms with Crippen molar-refractivity contribution in [2.24, 2.45) is 0 Å². The van der Waals surface area contributed by atoms with Gasteiger partial charge in [0.25, 0.3) is 11.6 Å². The number of carbonyl (C=O) groups is 1. The highest BCUT2D eigenvalue weighted by molar-refractivity contribution is 6.22. The van der Waals surface area contributed by atoms with E-state index < -0.39 is 10.3 Å². The van der Waals surface area contributed by atoms with Gasteiger partial charge in [-0.2, -0.15) is 0 Å². The Bertz CT molecular complexity index is 727. The molecular weight excluding hydrogens is 328 g/mol. The summed E-state index contributed by atoms with van der Waals surface area (Å²) in [5, 5.41) is 10.4. The van der Waals surface area contributed by atoms with E-state index in [1.54, 1.807) is 41.3 Å². The van der Waals surface area contributed by atoms with Crippen LogP contribution in [-0.2, 0) is 0 Å². The Kier molecular flexibility index (Phi) is 5.93. The van der Waals surface area contributed by atoms with Gasteiger partial charge in [0.15, 0.2) is 0 Å². The lowest BCUT2D eigenvalue weighted by Crippen LogP contribution is -2.30. The molecule has 0 fully saturated rings. The molecule has 1 unspecified atom stereocenters. The number of rotatable bonds is 6. The summed E-state index contributed by atoms with van der Waals surface area (Å²) in [7, 11) is 0. The summed E-state index contributed by atoms with van der Waals surface area (Å²) < 4.78 is 0. The largest absolute Gasteiger partial charge is 0.339 e. The molecule has 2 aromatic rings. The van der Waals surface area contributed by atoms with Crippen molar-refractivity contribution in [2.75, 3.05) is 13.1 Å². The van der Waals surface area contributed by atoms with Crippen molar-refractivity contribution in [3.8, 4) is 0 Å². The topological polar surface area (TPSA) is 63.5 Å². The van der Waals surface area contributed by atoms with E-state index in [9.17, 15) is 14.9 Å². The second-order valence-corrected chi connectivity index (χ2v) is 5.75. The molecular formula is C18H19ClN2O3. The first-order chi connectivity index (χ1) is 11.5. The van der Waals surface area contributed by atoms with E-state index in [0.717, 1.165) is 5.56 Å². The lowest BCUT2D eigenvalue weighted by molar-refractivity contribution is -0.384. The van der Waals surface area contributed by atoms with Crippen LogP contribution < -0.4 is 0 Å². The zero-order chi connectivity index (χ0) is 17.7. The van der Waals surface area contributed by atoms with Crippen LogP contribution in [0.3, 0.4) is 0 Å². The zero-order valence-corrected chi connectivity index (χ0v) is 14.4. The Hall–Kier alpha value is -2.40. The summed E-state index contributed by atoms with van der Waals surface area (Å²) in [6.07, 6.45) is 0. The van der Waals surface area contributed by atoms with Gasteiger partial charge in [0.2, 0.25) is 0 Å². The Balaban J connectivity index is 2.22. The van der Waals surface area contributed by atoms with Crippen LogP contribution in [0.25, 0.3) is 0 Å². The van der Waals surface area contributed by atoms with Crippen molar-refractivity contribution in [2.45, 2.75) is 19.2 Å². The van der Waals surface area contributed by atoms with Crippen molar-refractivity contribution in [3.63, 3.8) is 0 Å². The van der Waals surface area contributed by atoms with Crippen LogP contribution in [0.2, 0.25) is 0 Å². The van der Waals surface area contributed by atoms with Crippen LogP contribution in [0.4, 0.5) is 5.69 Å². The first-order valence-electron chi connectivity index (χ1n) is 7.75. The smallest absolute Gasteiger partial charge is 0.269 e. The fourth-order valence-corrected chi connectivity index (χ4v) is 2.76. The van der Waals surface area contributed by atoms with Crippen LogP contribution >= 0.6 is 11.6 Å². The van der Waals surface area contributed by atoms with Crippen LogP contribution in [0.1, 0.15) is 40.7 Å². The normalized spacial score (nSPS) is 11.8. The number of nitro benzene ring substituents is 1. The molecule has 2 aromatic carbocycles. The third kappa shape index (κ3) is 3.92. The molecule has 5 nitrogen and oxygen atoms in total. The van der Waals surface area contributed by atoms with Crippen molar-refractivity contribution < 1.29 is 9.72 Å². The van der Waals surface area contributed by atoms with Gasteiger partial charge in [-0.05, 0) is 37.1 Å². The van der Waals surface area contributed by atoms with Crippen molar-refractivity contribution >= 4 is 23.2 Å². The van der Waals surface area contributed by atoms with E-state index in [-0.39, 0.29) is 11.6 Å². The number of benzene rings is 2. The van der Waals surface area contributed by atoms with Crippen LogP contribution in [0.5, 0.6) is 0 Å². The van der Waals surface area contributed by atoms with Crippen LogP contribution in [0.15, 0.2) is 48.5 Å². The van der Waals surface area contributed by atoms with E-state index in [2.05, 4.69) is 0 Å². The summed E-state index contributed by atoms with van der Waals surface area (Å²) in [5.74, 6) is -0.0204. The minimum absolute atomic E-state index is 0.00600. The number of nitrogens with zero attached hydrogens (tertiary/aromatic N) is 2. The third-order valence-corrected chi connectivity index (χ3v) is 4.38. The second-order valence-electron chi connectivity index (χ2n) is 5.31. The Labute approximate surface area is 146 Å². The quantitative estimate of drug-likeness (QED) is 0.442. The molecule has 0 heterocycles. The van der Waals surface area contributed by atoms with E-state index in [0.29, 0.717) is 24.2 Å². The maximum Gasteiger partial charge on any atom is 0.269 e. The Morgan fingerprint density at radius 1 is 1.12 bits per heavy atom. The molecule has 2 rings (SSSR count). The van der Waals surface area contributed by atoms with E-state index in [1.807, 2.05) is 13.8 Å². The van der Waals surface area contributed by atoms with Gasteiger partial charge in [0.05, 0.1) is 10.3 Å². The summed E-state index contributed by atoms with van der Waals surface area (Å²) >= 11 is 6.44. The highest BCUT2D eigenvalue weighted by Gasteiger charge is 2.16. The molecule has 0 aromatic heterocycles. The molecule has 6 heteroatoms. The molecule has 1 atom stereocenters. The molecule has 0 aliphatic carbocycles. The molecule has 0 N–H and O–H groups in total. The maximum absolute atomic E-state index is 12.3. The van der Waals surface area contributed by atoms with Gasteiger partial charge in [0, 0.05) is 30.8 Å². The molecule has 0 spiro atoms. The highest BCUT2D eigenvalue weighted by atomic mass is 35.5. The lowest BCUT2D eigenvalue weighted by atomic mass is 10.0. The first-order valence-corrected chi connectivity index (χ1v) is 8.19. The number of hydrogen-bond acceptors (Lipinski definition) is 3. The number of amides is 1. The van der Waals surface area contributed by atoms with Gasteiger partial charge in [-0.25, -0.2) is 0 Å². The van der Waals surface area contributed by atoms with Crippen molar-refractivity contribution in [3.05, 3.63) is 75.3 Å². The van der Waals surface area contributed by atoms with Crippen LogP contribution in [0, 0.1) is 10.1 Å². The van der Waals surface area contributed by atoms with Crippen molar-refractivity contribution in [1.29, 1.82) is 0 Å². The standard InChI is InChI=1S/C18H19ClN2O3/c1-3-20(4-2)18(22)14-10-8-13(9-11-14)17(19)15-6-5-7-16(12-15)21(23)24/h5-12,17H,3-4H2,1-2H3. The Morgan fingerprint density at radius 2 is 1.75 bits per heavy atom. The SMILES string of the molecule is CCN(CC)C(=O)c1ccc(C(Cl)c2cccc([N+](=O)[O-])c2)cc1. The summed E-state index contributed by atoms with van der Waals surface area (Å²) in [5.41, 5.74) is 2.04. The van der Waals surface area contributed by atoms with Gasteiger partial charge in [-0.15, -0.1) is 11.6 Å². The third-order valence-electron chi connectivity index (χ3n) is 3.87. The first kappa shape index (κ1) is 17.9. The number of non-ortho nitro benzene ring substituents is 1.